The van der Waals surface area contributed by atoms with Gasteiger partial charge in [0.1, 0.15) is 0 Å². The van der Waals surface area contributed by atoms with Crippen LogP contribution in [0.2, 0.25) is 0 Å². The van der Waals surface area contributed by atoms with Crippen LogP contribution in [-0.2, 0) is 0 Å². The lowest BCUT2D eigenvalue weighted by Crippen LogP contribution is -2.50. The third kappa shape index (κ3) is 3.67. The van der Waals surface area contributed by atoms with Gasteiger partial charge in [-0.05, 0) is 58.2 Å². The quantitative estimate of drug-likeness (QED) is 0.790. The molecule has 3 nitrogen and oxygen atoms in total. The molecule has 0 aliphatic carbocycles. The van der Waals surface area contributed by atoms with Crippen LogP contribution in [0.3, 0.4) is 0 Å². The first-order valence-corrected chi connectivity index (χ1v) is 7.34. The number of nitrogens with zero attached hydrogens (tertiary/aromatic N) is 2. The van der Waals surface area contributed by atoms with E-state index in [1.54, 1.807) is 0 Å². The topological polar surface area (TPSA) is 26.7 Å². The molecule has 2 heterocycles. The van der Waals surface area contributed by atoms with E-state index in [-0.39, 0.29) is 0 Å². The fraction of sp³-hybridized carbons (Fsp3) is 1.00. The Balaban J connectivity index is 1.81. The highest BCUT2D eigenvalue weighted by atomic mass is 16.3. The number of rotatable bonds is 5. The Morgan fingerprint density at radius 3 is 2.82 bits per heavy atom. The first-order chi connectivity index (χ1) is 8.31. The summed E-state index contributed by atoms with van der Waals surface area (Å²) in [4.78, 5) is 5.15. The lowest BCUT2D eigenvalue weighted by atomic mass is 9.83. The molecule has 2 saturated heterocycles. The molecule has 0 radical (unpaired) electrons. The molecule has 1 N–H and O–H groups in total. The fourth-order valence-electron chi connectivity index (χ4n) is 3.62. The average molecular weight is 240 g/mol. The van der Waals surface area contributed by atoms with Crippen molar-refractivity contribution in [1.29, 1.82) is 0 Å². The number of hydrogen-bond acceptors (Lipinski definition) is 3. The lowest BCUT2D eigenvalue weighted by molar-refractivity contribution is 0.0438. The molecule has 3 heteroatoms. The minimum Gasteiger partial charge on any atom is -0.396 e. The highest BCUT2D eigenvalue weighted by Gasteiger charge is 2.33. The van der Waals surface area contributed by atoms with Gasteiger partial charge in [-0.15, -0.1) is 0 Å². The van der Waals surface area contributed by atoms with Crippen LogP contribution in [-0.4, -0.2) is 60.8 Å². The monoisotopic (exact) mass is 240 g/mol. The van der Waals surface area contributed by atoms with Gasteiger partial charge in [0, 0.05) is 25.7 Å². The minimum atomic E-state index is 0.324. The van der Waals surface area contributed by atoms with Gasteiger partial charge in [-0.3, -0.25) is 0 Å². The van der Waals surface area contributed by atoms with Gasteiger partial charge >= 0.3 is 0 Å². The van der Waals surface area contributed by atoms with Crippen molar-refractivity contribution >= 4 is 0 Å². The van der Waals surface area contributed by atoms with Crippen LogP contribution in [0.1, 0.15) is 38.5 Å². The van der Waals surface area contributed by atoms with E-state index in [9.17, 15) is 0 Å². The molecule has 2 aliphatic rings. The zero-order valence-corrected chi connectivity index (χ0v) is 11.3. The van der Waals surface area contributed by atoms with Crippen LogP contribution in [0.4, 0.5) is 0 Å². The molecule has 0 bridgehead atoms. The normalized spacial score (nSPS) is 30.5. The van der Waals surface area contributed by atoms with E-state index in [0.29, 0.717) is 6.61 Å². The zero-order chi connectivity index (χ0) is 12.1. The molecular weight excluding hydrogens is 212 g/mol. The number of aliphatic hydroxyl groups excluding tert-OH is 1. The van der Waals surface area contributed by atoms with Crippen LogP contribution in [0.5, 0.6) is 0 Å². The SMILES string of the molecule is CN(CCCO)C[C@@H]1CCCN2CCCC[C@H]12. The molecule has 2 rings (SSSR count). The van der Waals surface area contributed by atoms with E-state index in [2.05, 4.69) is 16.8 Å². The molecular formula is C14H28N2O. The standard InChI is InChI=1S/C14H28N2O/c1-15(8-5-11-17)12-13-6-4-10-16-9-3-2-7-14(13)16/h13-14,17H,2-12H2,1H3/t13-,14+/m0/s1. The van der Waals surface area contributed by atoms with Crippen molar-refractivity contribution in [3.05, 3.63) is 0 Å². The van der Waals surface area contributed by atoms with Gasteiger partial charge in [0.05, 0.1) is 0 Å². The highest BCUT2D eigenvalue weighted by Crippen LogP contribution is 2.31. The molecule has 17 heavy (non-hydrogen) atoms. The molecule has 0 spiro atoms. The second kappa shape index (κ2) is 6.72. The van der Waals surface area contributed by atoms with Crippen molar-refractivity contribution in [2.45, 2.75) is 44.6 Å². The average Bonchev–Trinajstić information content (AvgIpc) is 2.37. The Hall–Kier alpha value is -0.120. The predicted molar refractivity (Wildman–Crippen MR) is 71.1 cm³/mol. The van der Waals surface area contributed by atoms with Gasteiger partial charge < -0.3 is 14.9 Å². The summed E-state index contributed by atoms with van der Waals surface area (Å²) in [7, 11) is 2.21. The first kappa shape index (κ1) is 13.3. The summed E-state index contributed by atoms with van der Waals surface area (Å²) < 4.78 is 0. The number of hydrogen-bond donors (Lipinski definition) is 1. The maximum Gasteiger partial charge on any atom is 0.0443 e. The Morgan fingerprint density at radius 1 is 1.18 bits per heavy atom. The summed E-state index contributed by atoms with van der Waals surface area (Å²) in [5, 5.41) is 8.87. The van der Waals surface area contributed by atoms with E-state index < -0.39 is 0 Å². The van der Waals surface area contributed by atoms with Crippen LogP contribution < -0.4 is 0 Å². The van der Waals surface area contributed by atoms with Crippen molar-refractivity contribution in [2.75, 3.05) is 39.8 Å². The Bertz CT molecular complexity index is 220. The Labute approximate surface area is 106 Å². The number of fused-ring (bicyclic) bond motifs is 1. The largest absolute Gasteiger partial charge is 0.396 e. The third-order valence-corrected chi connectivity index (χ3v) is 4.47. The van der Waals surface area contributed by atoms with Crippen LogP contribution >= 0.6 is 0 Å². The zero-order valence-electron chi connectivity index (χ0n) is 11.3. The van der Waals surface area contributed by atoms with Gasteiger partial charge in [-0.1, -0.05) is 6.42 Å². The summed E-state index contributed by atoms with van der Waals surface area (Å²) in [6.07, 6.45) is 7.96. The summed E-state index contributed by atoms with van der Waals surface area (Å²) >= 11 is 0. The number of aliphatic hydroxyl groups is 1. The first-order valence-electron chi connectivity index (χ1n) is 7.34. The van der Waals surface area contributed by atoms with Gasteiger partial charge in [0.2, 0.25) is 0 Å². The van der Waals surface area contributed by atoms with Gasteiger partial charge in [0.25, 0.3) is 0 Å². The maximum atomic E-state index is 8.87. The summed E-state index contributed by atoms with van der Waals surface area (Å²) in [5.41, 5.74) is 0. The molecule has 2 aliphatic heterocycles. The van der Waals surface area contributed by atoms with Crippen molar-refractivity contribution in [2.24, 2.45) is 5.92 Å². The molecule has 0 saturated carbocycles. The fourth-order valence-corrected chi connectivity index (χ4v) is 3.62. The second-order valence-electron chi connectivity index (χ2n) is 5.84. The molecule has 2 atom stereocenters. The molecule has 0 amide bonds. The van der Waals surface area contributed by atoms with E-state index in [4.69, 9.17) is 5.11 Å². The molecule has 0 aromatic carbocycles. The minimum absolute atomic E-state index is 0.324. The van der Waals surface area contributed by atoms with Crippen molar-refractivity contribution < 1.29 is 5.11 Å². The van der Waals surface area contributed by atoms with Crippen LogP contribution in [0.15, 0.2) is 0 Å². The lowest BCUT2D eigenvalue weighted by Gasteiger charge is -2.45. The highest BCUT2D eigenvalue weighted by molar-refractivity contribution is 4.88. The van der Waals surface area contributed by atoms with Crippen LogP contribution in [0.25, 0.3) is 0 Å². The molecule has 0 aromatic rings. The number of piperidine rings is 2. The third-order valence-electron chi connectivity index (χ3n) is 4.47. The molecule has 0 aromatic heterocycles. The molecule has 2 fully saturated rings. The van der Waals surface area contributed by atoms with Crippen molar-refractivity contribution in [3.63, 3.8) is 0 Å². The predicted octanol–water partition coefficient (Wildman–Crippen LogP) is 1.57. The van der Waals surface area contributed by atoms with Crippen molar-refractivity contribution in [3.8, 4) is 0 Å². The van der Waals surface area contributed by atoms with E-state index in [1.807, 2.05) is 0 Å². The van der Waals surface area contributed by atoms with E-state index in [0.717, 1.165) is 24.9 Å². The summed E-state index contributed by atoms with van der Waals surface area (Å²) in [6.45, 7) is 5.26. The summed E-state index contributed by atoms with van der Waals surface area (Å²) in [6, 6.07) is 0.856. The molecule has 100 valence electrons. The Morgan fingerprint density at radius 2 is 2.00 bits per heavy atom. The summed E-state index contributed by atoms with van der Waals surface area (Å²) in [5.74, 6) is 0.868. The maximum absolute atomic E-state index is 8.87. The Kier molecular flexibility index (Phi) is 5.26. The van der Waals surface area contributed by atoms with Crippen LogP contribution in [0, 0.1) is 5.92 Å². The van der Waals surface area contributed by atoms with Gasteiger partial charge in [-0.25, -0.2) is 0 Å². The smallest absolute Gasteiger partial charge is 0.0443 e. The van der Waals surface area contributed by atoms with E-state index >= 15 is 0 Å². The van der Waals surface area contributed by atoms with E-state index in [1.165, 1.54) is 51.7 Å². The van der Waals surface area contributed by atoms with Gasteiger partial charge in [0.15, 0.2) is 0 Å². The van der Waals surface area contributed by atoms with Crippen molar-refractivity contribution in [1.82, 2.24) is 9.80 Å². The molecule has 0 unspecified atom stereocenters. The second-order valence-corrected chi connectivity index (χ2v) is 5.84. The van der Waals surface area contributed by atoms with Gasteiger partial charge in [-0.2, -0.15) is 0 Å².